The van der Waals surface area contributed by atoms with Gasteiger partial charge in [-0.15, -0.1) is 0 Å². The Kier molecular flexibility index (Phi) is 10.0. The van der Waals surface area contributed by atoms with Crippen molar-refractivity contribution >= 4 is 18.0 Å². The largest absolute Gasteiger partial charge is 0.463 e. The van der Waals surface area contributed by atoms with Crippen LogP contribution in [0.3, 0.4) is 0 Å². The number of carbonyl (C=O) groups is 3. The number of amides is 4. The Hall–Kier alpha value is -4.05. The zero-order chi connectivity index (χ0) is 28.5. The Labute approximate surface area is 235 Å². The lowest BCUT2D eigenvalue weighted by Crippen LogP contribution is -2.49. The van der Waals surface area contributed by atoms with E-state index in [1.54, 1.807) is 14.0 Å². The molecule has 2 aliphatic heterocycles. The van der Waals surface area contributed by atoms with Gasteiger partial charge in [-0.3, -0.25) is 9.80 Å². The van der Waals surface area contributed by atoms with Crippen LogP contribution in [0.1, 0.15) is 38.3 Å². The SMILES string of the molecule is CCCNC(=O)N1CCCN(CC2=C(C(=O)OCC)C(c3cccc(Oc4ccccc4)c3)NC(=O)N2C)CC1. The summed E-state index contributed by atoms with van der Waals surface area (Å²) >= 11 is 0. The summed E-state index contributed by atoms with van der Waals surface area (Å²) in [6.45, 7) is 7.60. The first-order valence-corrected chi connectivity index (χ1v) is 13.9. The molecule has 2 aromatic rings. The summed E-state index contributed by atoms with van der Waals surface area (Å²) in [7, 11) is 1.66. The normalized spacial score (nSPS) is 18.2. The molecule has 214 valence electrons. The van der Waals surface area contributed by atoms with Crippen molar-refractivity contribution < 1.29 is 23.9 Å². The van der Waals surface area contributed by atoms with Gasteiger partial charge in [0, 0.05) is 52.0 Å². The van der Waals surface area contributed by atoms with E-state index in [0.29, 0.717) is 61.1 Å². The number of likely N-dealkylation sites (N-methyl/N-ethyl adjacent to an activating group) is 1. The van der Waals surface area contributed by atoms with Crippen LogP contribution in [0.15, 0.2) is 65.9 Å². The minimum Gasteiger partial charge on any atom is -0.463 e. The number of para-hydroxylation sites is 1. The smallest absolute Gasteiger partial charge is 0.338 e. The van der Waals surface area contributed by atoms with Crippen molar-refractivity contribution in [3.05, 3.63) is 71.4 Å². The molecular formula is C30H39N5O5. The Balaban J connectivity index is 1.61. The van der Waals surface area contributed by atoms with Gasteiger partial charge in [-0.05, 0) is 49.6 Å². The average molecular weight is 550 g/mol. The first kappa shape index (κ1) is 28.9. The van der Waals surface area contributed by atoms with E-state index in [1.165, 1.54) is 4.90 Å². The first-order chi connectivity index (χ1) is 19.4. The van der Waals surface area contributed by atoms with Crippen molar-refractivity contribution in [1.82, 2.24) is 25.3 Å². The third-order valence-corrected chi connectivity index (χ3v) is 7.02. The molecule has 0 spiro atoms. The van der Waals surface area contributed by atoms with Gasteiger partial charge in [-0.1, -0.05) is 37.3 Å². The number of urea groups is 2. The van der Waals surface area contributed by atoms with Gasteiger partial charge >= 0.3 is 18.0 Å². The zero-order valence-corrected chi connectivity index (χ0v) is 23.5. The van der Waals surface area contributed by atoms with Gasteiger partial charge in [-0.25, -0.2) is 14.4 Å². The van der Waals surface area contributed by atoms with Gasteiger partial charge in [0.2, 0.25) is 0 Å². The minimum absolute atomic E-state index is 0.0537. The van der Waals surface area contributed by atoms with Gasteiger partial charge in [0.25, 0.3) is 0 Å². The van der Waals surface area contributed by atoms with Gasteiger partial charge in [0.15, 0.2) is 0 Å². The van der Waals surface area contributed by atoms with E-state index in [-0.39, 0.29) is 18.7 Å². The van der Waals surface area contributed by atoms with Gasteiger partial charge < -0.3 is 25.0 Å². The van der Waals surface area contributed by atoms with Gasteiger partial charge in [-0.2, -0.15) is 0 Å². The van der Waals surface area contributed by atoms with Crippen molar-refractivity contribution in [1.29, 1.82) is 0 Å². The van der Waals surface area contributed by atoms with Crippen molar-refractivity contribution in [3.63, 3.8) is 0 Å². The summed E-state index contributed by atoms with van der Waals surface area (Å²) in [5.74, 6) is 0.808. The predicted octanol–water partition coefficient (Wildman–Crippen LogP) is 4.12. The molecule has 0 saturated carbocycles. The molecule has 2 aliphatic rings. The Morgan fingerprint density at radius 1 is 1.00 bits per heavy atom. The highest BCUT2D eigenvalue weighted by Crippen LogP contribution is 2.34. The highest BCUT2D eigenvalue weighted by atomic mass is 16.5. The highest BCUT2D eigenvalue weighted by molar-refractivity contribution is 5.95. The van der Waals surface area contributed by atoms with E-state index in [9.17, 15) is 14.4 Å². The second-order valence-corrected chi connectivity index (χ2v) is 9.86. The summed E-state index contributed by atoms with van der Waals surface area (Å²) < 4.78 is 11.5. The van der Waals surface area contributed by atoms with E-state index in [2.05, 4.69) is 15.5 Å². The first-order valence-electron chi connectivity index (χ1n) is 13.9. The molecule has 1 saturated heterocycles. The summed E-state index contributed by atoms with van der Waals surface area (Å²) in [6, 6.07) is 15.7. The molecule has 10 nitrogen and oxygen atoms in total. The number of hydrogen-bond acceptors (Lipinski definition) is 6. The van der Waals surface area contributed by atoms with E-state index in [4.69, 9.17) is 9.47 Å². The lowest BCUT2D eigenvalue weighted by molar-refractivity contribution is -0.139. The number of esters is 1. The second kappa shape index (κ2) is 13.8. The van der Waals surface area contributed by atoms with E-state index in [0.717, 1.165) is 19.4 Å². The molecule has 2 N–H and O–H groups in total. The van der Waals surface area contributed by atoms with Gasteiger partial charge in [0.05, 0.1) is 18.2 Å². The minimum atomic E-state index is -0.708. The molecular weight excluding hydrogens is 510 g/mol. The fraction of sp³-hybridized carbons (Fsp3) is 0.433. The maximum Gasteiger partial charge on any atom is 0.338 e. The summed E-state index contributed by atoms with van der Waals surface area (Å²) in [5, 5.41) is 5.92. The predicted molar refractivity (Wildman–Crippen MR) is 152 cm³/mol. The number of rotatable bonds is 9. The fourth-order valence-electron chi connectivity index (χ4n) is 4.92. The number of nitrogens with one attached hydrogen (secondary N) is 2. The topological polar surface area (TPSA) is 103 Å². The summed E-state index contributed by atoms with van der Waals surface area (Å²) in [4.78, 5) is 44.6. The third kappa shape index (κ3) is 7.12. The van der Waals surface area contributed by atoms with Crippen molar-refractivity contribution in [3.8, 4) is 11.5 Å². The molecule has 1 atom stereocenters. The van der Waals surface area contributed by atoms with Crippen LogP contribution in [-0.4, -0.2) is 85.7 Å². The van der Waals surface area contributed by atoms with Crippen LogP contribution in [0.25, 0.3) is 0 Å². The standard InChI is InChI=1S/C30H39N5O5/c1-4-15-31-29(37)35-17-10-16-34(18-19-35)21-25-26(28(36)39-5-2)27(32-30(38)33(25)3)22-11-9-14-24(20-22)40-23-12-7-6-8-13-23/h6-9,11-14,20,27H,4-5,10,15-19,21H2,1-3H3,(H,31,37)(H,32,38). The lowest BCUT2D eigenvalue weighted by atomic mass is 9.94. The highest BCUT2D eigenvalue weighted by Gasteiger charge is 2.37. The average Bonchev–Trinajstić information content (AvgIpc) is 3.20. The van der Waals surface area contributed by atoms with Crippen LogP contribution in [0.5, 0.6) is 11.5 Å². The number of ether oxygens (including phenoxy) is 2. The number of hydrogen-bond donors (Lipinski definition) is 2. The molecule has 0 radical (unpaired) electrons. The molecule has 40 heavy (non-hydrogen) atoms. The molecule has 2 aromatic carbocycles. The molecule has 10 heteroatoms. The zero-order valence-electron chi connectivity index (χ0n) is 23.5. The number of carbonyl (C=O) groups excluding carboxylic acids is 3. The van der Waals surface area contributed by atoms with Crippen molar-refractivity contribution in [2.24, 2.45) is 0 Å². The van der Waals surface area contributed by atoms with E-state index < -0.39 is 12.0 Å². The second-order valence-electron chi connectivity index (χ2n) is 9.86. The molecule has 0 bridgehead atoms. The molecule has 0 aromatic heterocycles. The van der Waals surface area contributed by atoms with E-state index >= 15 is 0 Å². The van der Waals surface area contributed by atoms with Crippen LogP contribution in [0, 0.1) is 0 Å². The van der Waals surface area contributed by atoms with Crippen molar-refractivity contribution in [2.45, 2.75) is 32.7 Å². The molecule has 4 rings (SSSR count). The van der Waals surface area contributed by atoms with Crippen LogP contribution >= 0.6 is 0 Å². The van der Waals surface area contributed by atoms with Crippen molar-refractivity contribution in [2.75, 3.05) is 52.9 Å². The number of nitrogens with zero attached hydrogens (tertiary/aromatic N) is 3. The molecule has 2 heterocycles. The Morgan fingerprint density at radius 2 is 1.77 bits per heavy atom. The Morgan fingerprint density at radius 3 is 2.52 bits per heavy atom. The van der Waals surface area contributed by atoms with Crippen LogP contribution in [0.2, 0.25) is 0 Å². The van der Waals surface area contributed by atoms with Gasteiger partial charge in [0.1, 0.15) is 11.5 Å². The molecule has 1 unspecified atom stereocenters. The Bertz CT molecular complexity index is 1220. The van der Waals surface area contributed by atoms with E-state index in [1.807, 2.05) is 66.4 Å². The maximum absolute atomic E-state index is 13.4. The van der Waals surface area contributed by atoms with Crippen LogP contribution in [0.4, 0.5) is 9.59 Å². The molecule has 4 amide bonds. The fourth-order valence-corrected chi connectivity index (χ4v) is 4.92. The number of benzene rings is 2. The van der Waals surface area contributed by atoms with Crippen LogP contribution < -0.4 is 15.4 Å². The third-order valence-electron chi connectivity index (χ3n) is 7.02. The van der Waals surface area contributed by atoms with Crippen LogP contribution in [-0.2, 0) is 9.53 Å². The maximum atomic E-state index is 13.4. The molecule has 1 fully saturated rings. The quantitative estimate of drug-likeness (QED) is 0.456. The lowest BCUT2D eigenvalue weighted by Gasteiger charge is -2.36. The molecule has 0 aliphatic carbocycles. The summed E-state index contributed by atoms with van der Waals surface area (Å²) in [5.41, 5.74) is 1.69. The monoisotopic (exact) mass is 549 g/mol. The summed E-state index contributed by atoms with van der Waals surface area (Å²) in [6.07, 6.45) is 1.67.